The highest BCUT2D eigenvalue weighted by Crippen LogP contribution is 2.38. The fourth-order valence-electron chi connectivity index (χ4n) is 4.54. The predicted octanol–water partition coefficient (Wildman–Crippen LogP) is 3.31. The molecule has 3 atom stereocenters. The first-order valence-electron chi connectivity index (χ1n) is 11.5. The minimum atomic E-state index is -0.665. The number of amides is 1. The van der Waals surface area contributed by atoms with Crippen LogP contribution in [0, 0.1) is 5.82 Å². The summed E-state index contributed by atoms with van der Waals surface area (Å²) in [6.45, 7) is 4.85. The van der Waals surface area contributed by atoms with Crippen LogP contribution in [-0.2, 0) is 4.79 Å². The number of carbonyl (C=O) groups is 1. The Hall–Kier alpha value is -3.37. The van der Waals surface area contributed by atoms with E-state index in [9.17, 15) is 4.79 Å². The number of ether oxygens (including phenoxy) is 2. The second-order valence-electron chi connectivity index (χ2n) is 8.85. The molecule has 0 bridgehead atoms. The highest BCUT2D eigenvalue weighted by molar-refractivity contribution is 5.92. The van der Waals surface area contributed by atoms with Crippen LogP contribution in [0.15, 0.2) is 36.4 Å². The Kier molecular flexibility index (Phi) is 8.42. The molecule has 9 nitrogen and oxygen atoms in total. The van der Waals surface area contributed by atoms with Crippen molar-refractivity contribution in [1.29, 1.82) is 0 Å². The van der Waals surface area contributed by atoms with Gasteiger partial charge in [-0.3, -0.25) is 4.79 Å². The second kappa shape index (κ2) is 11.1. The van der Waals surface area contributed by atoms with Crippen LogP contribution in [0.3, 0.4) is 0 Å². The largest absolute Gasteiger partial charge is 0.493 e. The van der Waals surface area contributed by atoms with E-state index in [1.165, 1.54) is 14.2 Å². The zero-order chi connectivity index (χ0) is 25.3. The Labute approximate surface area is 216 Å². The molecule has 2 heterocycles. The number of aromatic nitrogens is 2. The lowest BCUT2D eigenvalue weighted by Crippen LogP contribution is -2.58. The molecule has 11 heteroatoms. The summed E-state index contributed by atoms with van der Waals surface area (Å²) in [7, 11) is 2.78. The fraction of sp³-hybridized carbons (Fsp3) is 0.400. The van der Waals surface area contributed by atoms with Gasteiger partial charge in [-0.2, -0.15) is 4.98 Å². The monoisotopic (exact) mass is 518 g/mol. The quantitative estimate of drug-likeness (QED) is 0.510. The van der Waals surface area contributed by atoms with Crippen LogP contribution in [-0.4, -0.2) is 60.2 Å². The summed E-state index contributed by atoms with van der Waals surface area (Å²) in [6.07, 6.45) is 0.216. The first-order valence-corrected chi connectivity index (χ1v) is 11.5. The molecule has 36 heavy (non-hydrogen) atoms. The first-order chi connectivity index (χ1) is 16.7. The van der Waals surface area contributed by atoms with Crippen molar-refractivity contribution in [3.63, 3.8) is 0 Å². The molecule has 0 saturated carbocycles. The van der Waals surface area contributed by atoms with Crippen molar-refractivity contribution >= 4 is 41.0 Å². The van der Waals surface area contributed by atoms with Gasteiger partial charge < -0.3 is 30.7 Å². The minimum absolute atomic E-state index is 0. The molecule has 1 aromatic heterocycles. The zero-order valence-corrected chi connectivity index (χ0v) is 21.6. The number of benzene rings is 2. The lowest BCUT2D eigenvalue weighted by molar-refractivity contribution is -0.134. The average molecular weight is 519 g/mol. The van der Waals surface area contributed by atoms with Gasteiger partial charge in [-0.25, -0.2) is 9.37 Å². The van der Waals surface area contributed by atoms with E-state index in [-0.39, 0.29) is 65.7 Å². The number of carbonyl (C=O) groups excluding carboxylic acids is 1. The lowest BCUT2D eigenvalue weighted by Gasteiger charge is -2.44. The van der Waals surface area contributed by atoms with E-state index < -0.39 is 5.82 Å². The number of fused-ring (bicyclic) bond motifs is 1. The van der Waals surface area contributed by atoms with E-state index in [0.717, 1.165) is 5.56 Å². The number of piperazine rings is 1. The van der Waals surface area contributed by atoms with Gasteiger partial charge in [0, 0.05) is 43.0 Å². The van der Waals surface area contributed by atoms with Gasteiger partial charge in [-0.15, -0.1) is 12.4 Å². The third kappa shape index (κ3) is 5.10. The molecule has 1 saturated heterocycles. The summed E-state index contributed by atoms with van der Waals surface area (Å²) >= 11 is 0. The van der Waals surface area contributed by atoms with E-state index >= 15 is 4.39 Å². The summed E-state index contributed by atoms with van der Waals surface area (Å²) in [4.78, 5) is 25.8. The van der Waals surface area contributed by atoms with Crippen LogP contribution < -0.4 is 25.8 Å². The van der Waals surface area contributed by atoms with Gasteiger partial charge in [0.05, 0.1) is 14.2 Å². The van der Waals surface area contributed by atoms with Gasteiger partial charge in [-0.05, 0) is 25.5 Å². The van der Waals surface area contributed by atoms with E-state index in [2.05, 4.69) is 9.97 Å². The van der Waals surface area contributed by atoms with Gasteiger partial charge in [0.15, 0.2) is 17.3 Å². The van der Waals surface area contributed by atoms with Gasteiger partial charge in [0.2, 0.25) is 11.9 Å². The van der Waals surface area contributed by atoms with Gasteiger partial charge >= 0.3 is 0 Å². The number of hydrogen-bond acceptors (Lipinski definition) is 8. The number of nitrogens with two attached hydrogens (primary N) is 2. The molecule has 0 unspecified atom stereocenters. The van der Waals surface area contributed by atoms with Crippen LogP contribution in [0.1, 0.15) is 31.9 Å². The smallest absolute Gasteiger partial charge is 0.228 e. The molecular weight excluding hydrogens is 487 g/mol. The number of anilines is 2. The molecule has 4 N–H and O–H groups in total. The Bertz CT molecular complexity index is 1230. The van der Waals surface area contributed by atoms with Crippen molar-refractivity contribution in [2.75, 3.05) is 37.9 Å². The van der Waals surface area contributed by atoms with Crippen LogP contribution in [0.2, 0.25) is 0 Å². The molecule has 2 aromatic carbocycles. The second-order valence-corrected chi connectivity index (χ2v) is 8.85. The molecule has 1 fully saturated rings. The fourth-order valence-corrected chi connectivity index (χ4v) is 4.54. The van der Waals surface area contributed by atoms with Gasteiger partial charge in [-0.1, -0.05) is 30.3 Å². The van der Waals surface area contributed by atoms with Gasteiger partial charge in [0.1, 0.15) is 11.3 Å². The zero-order valence-electron chi connectivity index (χ0n) is 20.8. The highest BCUT2D eigenvalue weighted by atomic mass is 35.5. The molecule has 1 amide bonds. The van der Waals surface area contributed by atoms with Crippen molar-refractivity contribution in [2.24, 2.45) is 5.73 Å². The summed E-state index contributed by atoms with van der Waals surface area (Å²) in [6, 6.07) is 10.5. The molecule has 194 valence electrons. The van der Waals surface area contributed by atoms with Crippen LogP contribution in [0.5, 0.6) is 11.5 Å². The van der Waals surface area contributed by atoms with Gasteiger partial charge in [0.25, 0.3) is 0 Å². The number of halogens is 2. The molecule has 3 aromatic rings. The molecule has 1 aliphatic heterocycles. The number of nitrogen functional groups attached to an aromatic ring is 1. The van der Waals surface area contributed by atoms with E-state index in [1.807, 2.05) is 54.0 Å². The maximum atomic E-state index is 15.2. The molecule has 0 spiro atoms. The number of rotatable bonds is 6. The third-order valence-corrected chi connectivity index (χ3v) is 6.48. The van der Waals surface area contributed by atoms with E-state index in [1.54, 1.807) is 6.07 Å². The molecule has 0 radical (unpaired) electrons. The van der Waals surface area contributed by atoms with Crippen molar-refractivity contribution in [1.82, 2.24) is 14.9 Å². The summed E-state index contributed by atoms with van der Waals surface area (Å²) in [5, 5.41) is 0.341. The molecular formula is C25H32ClFN6O3. The number of hydrogen-bond donors (Lipinski definition) is 2. The van der Waals surface area contributed by atoms with E-state index in [4.69, 9.17) is 20.9 Å². The third-order valence-electron chi connectivity index (χ3n) is 6.48. The number of nitrogens with zero attached hydrogens (tertiary/aromatic N) is 4. The summed E-state index contributed by atoms with van der Waals surface area (Å²) in [5.74, 6) is -0.0756. The molecule has 1 aliphatic rings. The normalized spacial score (nSPS) is 18.5. The maximum absolute atomic E-state index is 15.2. The Morgan fingerprint density at radius 1 is 1.14 bits per heavy atom. The van der Waals surface area contributed by atoms with Crippen molar-refractivity contribution in [2.45, 2.75) is 38.4 Å². The Morgan fingerprint density at radius 3 is 2.47 bits per heavy atom. The summed E-state index contributed by atoms with van der Waals surface area (Å²) in [5.41, 5.74) is 13.5. The van der Waals surface area contributed by atoms with Crippen LogP contribution >= 0.6 is 12.4 Å². The molecule has 4 rings (SSSR count). The average Bonchev–Trinajstić information content (AvgIpc) is 2.85. The highest BCUT2D eigenvalue weighted by Gasteiger charge is 2.34. The molecule has 0 aliphatic carbocycles. The topological polar surface area (TPSA) is 120 Å². The first kappa shape index (κ1) is 27.2. The van der Waals surface area contributed by atoms with Crippen LogP contribution in [0.4, 0.5) is 16.2 Å². The lowest BCUT2D eigenvalue weighted by atomic mass is 10.0. The summed E-state index contributed by atoms with van der Waals surface area (Å²) < 4.78 is 25.6. The van der Waals surface area contributed by atoms with Crippen molar-refractivity contribution in [3.8, 4) is 11.5 Å². The Morgan fingerprint density at radius 2 is 1.83 bits per heavy atom. The predicted molar refractivity (Wildman–Crippen MR) is 140 cm³/mol. The van der Waals surface area contributed by atoms with Crippen molar-refractivity contribution < 1.29 is 18.7 Å². The minimum Gasteiger partial charge on any atom is -0.493 e. The Balaban J connectivity index is 0.00000361. The van der Waals surface area contributed by atoms with E-state index in [0.29, 0.717) is 24.4 Å². The number of methoxy groups -OCH3 is 2. The SMILES string of the molecule is COc1cc2c(N)nc(N3C[C@@H](C)N(C(=O)C[C@@H](N)c4ccccc4)C[C@@H]3C)nc2c(F)c1OC.Cl. The standard InChI is InChI=1S/C25H31FN6O3.ClH/c1-14-13-32(15(2)12-31(14)20(33)11-18(27)16-8-6-5-7-9-16)25-29-22-17(24(28)30-25)10-19(34-3)23(35-4)21(22)26;/h5-10,14-15,18H,11-13,27H2,1-4H3,(H2,28,29,30);1H/t14-,15+,18-;/m1./s1. The maximum Gasteiger partial charge on any atom is 0.228 e. The van der Waals surface area contributed by atoms with Crippen molar-refractivity contribution in [3.05, 3.63) is 47.8 Å². The van der Waals surface area contributed by atoms with Crippen LogP contribution in [0.25, 0.3) is 10.9 Å².